The normalized spacial score (nSPS) is 16.8. The van der Waals surface area contributed by atoms with Crippen molar-refractivity contribution in [2.45, 2.75) is 0 Å². The fourth-order valence-electron chi connectivity index (χ4n) is 0.451. The van der Waals surface area contributed by atoms with Gasteiger partial charge >= 0.3 is 0 Å². The van der Waals surface area contributed by atoms with Gasteiger partial charge in [0.05, 0.1) is 0 Å². The molecule has 0 aromatic rings. The van der Waals surface area contributed by atoms with Gasteiger partial charge in [0.25, 0.3) is 0 Å². The van der Waals surface area contributed by atoms with E-state index >= 15 is 0 Å². The molecule has 2 nitrogen and oxygen atoms in total. The first-order chi connectivity index (χ1) is 3.89. The second kappa shape index (κ2) is 2.21. The molecule has 0 saturated carbocycles. The van der Waals surface area contributed by atoms with Crippen LogP contribution in [0.2, 0.25) is 0 Å². The zero-order valence-electron chi connectivity index (χ0n) is 4.52. The van der Waals surface area contributed by atoms with Gasteiger partial charge in [-0.25, -0.2) is 0 Å². The standard InChI is InChI=1S/C6H8N2/c1-6-4-2-3-5-7-8-6/h2-5,7-8H,1H2. The first-order valence-corrected chi connectivity index (χ1v) is 2.43. The lowest BCUT2D eigenvalue weighted by Gasteiger charge is -1.99. The molecule has 0 saturated heterocycles. The van der Waals surface area contributed by atoms with Gasteiger partial charge in [-0.2, -0.15) is 0 Å². The van der Waals surface area contributed by atoms with Gasteiger partial charge in [0.15, 0.2) is 0 Å². The van der Waals surface area contributed by atoms with Crippen molar-refractivity contribution in [1.82, 2.24) is 10.9 Å². The van der Waals surface area contributed by atoms with Crippen molar-refractivity contribution in [3.63, 3.8) is 0 Å². The van der Waals surface area contributed by atoms with Gasteiger partial charge in [-0.3, -0.25) is 0 Å². The average Bonchev–Trinajstić information content (AvgIpc) is 1.94. The smallest absolute Gasteiger partial charge is 0.0467 e. The Morgan fingerprint density at radius 3 is 3.12 bits per heavy atom. The van der Waals surface area contributed by atoms with Crippen LogP contribution in [0.3, 0.4) is 0 Å². The number of allylic oxidation sites excluding steroid dienone is 3. The third-order valence-electron chi connectivity index (χ3n) is 0.821. The minimum Gasteiger partial charge on any atom is -0.308 e. The summed E-state index contributed by atoms with van der Waals surface area (Å²) < 4.78 is 0. The SMILES string of the molecule is C=C1C=CC=CNN1. The van der Waals surface area contributed by atoms with E-state index in [1.54, 1.807) is 6.20 Å². The number of hydrogen-bond acceptors (Lipinski definition) is 2. The Morgan fingerprint density at radius 1 is 1.38 bits per heavy atom. The highest BCUT2D eigenvalue weighted by atomic mass is 15.3. The summed E-state index contributed by atoms with van der Waals surface area (Å²) in [4.78, 5) is 0. The lowest BCUT2D eigenvalue weighted by molar-refractivity contribution is 0.754. The van der Waals surface area contributed by atoms with Crippen LogP contribution in [0.4, 0.5) is 0 Å². The predicted molar refractivity (Wildman–Crippen MR) is 33.7 cm³/mol. The molecule has 0 unspecified atom stereocenters. The molecular weight excluding hydrogens is 100 g/mol. The van der Waals surface area contributed by atoms with Gasteiger partial charge in [0.2, 0.25) is 0 Å². The van der Waals surface area contributed by atoms with E-state index in [9.17, 15) is 0 Å². The zero-order valence-corrected chi connectivity index (χ0v) is 4.52. The van der Waals surface area contributed by atoms with Crippen molar-refractivity contribution >= 4 is 0 Å². The van der Waals surface area contributed by atoms with E-state index in [0.717, 1.165) is 5.70 Å². The highest BCUT2D eigenvalue weighted by Gasteiger charge is 1.82. The molecule has 0 aromatic heterocycles. The molecule has 2 heteroatoms. The minimum atomic E-state index is 0.870. The Balaban J connectivity index is 2.58. The Labute approximate surface area is 48.6 Å². The van der Waals surface area contributed by atoms with Crippen LogP contribution in [0.25, 0.3) is 0 Å². The third kappa shape index (κ3) is 1.15. The lowest BCUT2D eigenvalue weighted by Crippen LogP contribution is -2.23. The maximum atomic E-state index is 3.67. The van der Waals surface area contributed by atoms with Gasteiger partial charge in [-0.05, 0) is 12.2 Å². The van der Waals surface area contributed by atoms with Gasteiger partial charge in [0, 0.05) is 11.9 Å². The van der Waals surface area contributed by atoms with E-state index in [0.29, 0.717) is 0 Å². The van der Waals surface area contributed by atoms with Crippen LogP contribution < -0.4 is 10.9 Å². The lowest BCUT2D eigenvalue weighted by atomic mass is 10.4. The predicted octanol–water partition coefficient (Wildman–Crippen LogP) is 0.678. The van der Waals surface area contributed by atoms with E-state index in [2.05, 4.69) is 17.4 Å². The van der Waals surface area contributed by atoms with E-state index in [1.165, 1.54) is 0 Å². The molecule has 0 amide bonds. The molecule has 1 aliphatic rings. The molecule has 0 atom stereocenters. The second-order valence-corrected chi connectivity index (χ2v) is 1.51. The van der Waals surface area contributed by atoms with Gasteiger partial charge < -0.3 is 10.9 Å². The van der Waals surface area contributed by atoms with E-state index in [1.807, 2.05) is 18.2 Å². The first-order valence-electron chi connectivity index (χ1n) is 2.43. The summed E-state index contributed by atoms with van der Waals surface area (Å²) in [5.41, 5.74) is 6.50. The summed E-state index contributed by atoms with van der Waals surface area (Å²) in [6, 6.07) is 0. The Hall–Kier alpha value is -1.18. The van der Waals surface area contributed by atoms with Crippen LogP contribution in [-0.2, 0) is 0 Å². The molecule has 0 bridgehead atoms. The largest absolute Gasteiger partial charge is 0.308 e. The quantitative estimate of drug-likeness (QED) is 0.476. The first kappa shape index (κ1) is 4.97. The maximum Gasteiger partial charge on any atom is 0.0467 e. The molecule has 2 N–H and O–H groups in total. The average molecular weight is 108 g/mol. The van der Waals surface area contributed by atoms with Crippen molar-refractivity contribution in [3.8, 4) is 0 Å². The summed E-state index contributed by atoms with van der Waals surface area (Å²) in [6.45, 7) is 3.67. The Kier molecular flexibility index (Phi) is 1.37. The maximum absolute atomic E-state index is 3.67. The van der Waals surface area contributed by atoms with E-state index in [-0.39, 0.29) is 0 Å². The molecule has 42 valence electrons. The molecule has 1 aliphatic heterocycles. The molecule has 8 heavy (non-hydrogen) atoms. The minimum absolute atomic E-state index is 0.870. The van der Waals surface area contributed by atoms with Crippen molar-refractivity contribution in [2.24, 2.45) is 0 Å². The van der Waals surface area contributed by atoms with Crippen molar-refractivity contribution in [1.29, 1.82) is 0 Å². The van der Waals surface area contributed by atoms with Crippen LogP contribution in [0.15, 0.2) is 36.7 Å². The Morgan fingerprint density at radius 2 is 2.25 bits per heavy atom. The topological polar surface area (TPSA) is 24.1 Å². The molecule has 1 heterocycles. The fourth-order valence-corrected chi connectivity index (χ4v) is 0.451. The molecular formula is C6H8N2. The van der Waals surface area contributed by atoms with Crippen LogP contribution in [0.5, 0.6) is 0 Å². The van der Waals surface area contributed by atoms with Crippen LogP contribution >= 0.6 is 0 Å². The van der Waals surface area contributed by atoms with Gasteiger partial charge in [-0.15, -0.1) is 0 Å². The monoisotopic (exact) mass is 108 g/mol. The zero-order chi connectivity index (χ0) is 5.82. The van der Waals surface area contributed by atoms with Gasteiger partial charge in [0.1, 0.15) is 0 Å². The summed E-state index contributed by atoms with van der Waals surface area (Å²) in [5, 5.41) is 0. The van der Waals surface area contributed by atoms with E-state index < -0.39 is 0 Å². The summed E-state index contributed by atoms with van der Waals surface area (Å²) in [6.07, 6.45) is 7.49. The molecule has 0 radical (unpaired) electrons. The van der Waals surface area contributed by atoms with Crippen molar-refractivity contribution < 1.29 is 0 Å². The molecule has 0 aliphatic carbocycles. The van der Waals surface area contributed by atoms with Crippen molar-refractivity contribution in [2.75, 3.05) is 0 Å². The fraction of sp³-hybridized carbons (Fsp3) is 0. The molecule has 1 rings (SSSR count). The van der Waals surface area contributed by atoms with Crippen LogP contribution in [0, 0.1) is 0 Å². The number of hydrogen-bond donors (Lipinski definition) is 2. The van der Waals surface area contributed by atoms with Crippen molar-refractivity contribution in [3.05, 3.63) is 36.7 Å². The number of rotatable bonds is 0. The van der Waals surface area contributed by atoms with Gasteiger partial charge in [-0.1, -0.05) is 12.7 Å². The van der Waals surface area contributed by atoms with E-state index in [4.69, 9.17) is 0 Å². The summed E-state index contributed by atoms with van der Waals surface area (Å²) in [7, 11) is 0. The number of nitrogens with one attached hydrogen (secondary N) is 2. The Bertz CT molecular complexity index is 145. The second-order valence-electron chi connectivity index (χ2n) is 1.51. The third-order valence-corrected chi connectivity index (χ3v) is 0.821. The van der Waals surface area contributed by atoms with Crippen LogP contribution in [0.1, 0.15) is 0 Å². The summed E-state index contributed by atoms with van der Waals surface area (Å²) >= 11 is 0. The molecule has 0 fully saturated rings. The number of hydrazine groups is 1. The summed E-state index contributed by atoms with van der Waals surface area (Å²) in [5.74, 6) is 0. The highest BCUT2D eigenvalue weighted by Crippen LogP contribution is 1.88. The molecule has 0 aromatic carbocycles. The van der Waals surface area contributed by atoms with Crippen LogP contribution in [-0.4, -0.2) is 0 Å². The molecule has 0 spiro atoms. The highest BCUT2D eigenvalue weighted by molar-refractivity contribution is 5.19.